The molecule has 2 atom stereocenters. The molecule has 17 heteroatoms. The standard InChI is InChI=1S/C22H21N9O5S3/c1-30-16(11-5-3-4-6-24-11)27-28-22(30)39-8-10-7-37-19-14(18(33)31(19)15(10)20(34)35)26-17(32)13(29-36-2)12-9-38-21(23)25-12/h3-6,9,14,19H,7-8H2,1-2H3,(H2,23,25)(H,26,32)(H,34,35)/b29-13+/t14-,19?/m1/s1. The number of anilines is 1. The van der Waals surface area contributed by atoms with E-state index in [-0.39, 0.29) is 28.0 Å². The Morgan fingerprint density at radius 3 is 2.85 bits per heavy atom. The van der Waals surface area contributed by atoms with Crippen LogP contribution in [0.25, 0.3) is 11.5 Å². The molecule has 14 nitrogen and oxygen atoms in total. The number of hydrogen-bond acceptors (Lipinski definition) is 13. The molecule has 5 rings (SSSR count). The number of rotatable bonds is 9. The zero-order chi connectivity index (χ0) is 27.7. The van der Waals surface area contributed by atoms with E-state index in [2.05, 4.69) is 30.6 Å². The molecule has 202 valence electrons. The number of fused-ring (bicyclic) bond motifs is 1. The summed E-state index contributed by atoms with van der Waals surface area (Å²) in [6.45, 7) is 0. The van der Waals surface area contributed by atoms with Gasteiger partial charge in [-0.3, -0.25) is 19.5 Å². The van der Waals surface area contributed by atoms with Crippen LogP contribution in [0.15, 0.2) is 51.4 Å². The molecule has 2 amide bonds. The number of oxime groups is 1. The van der Waals surface area contributed by atoms with Gasteiger partial charge in [0.15, 0.2) is 21.8 Å². The van der Waals surface area contributed by atoms with Crippen LogP contribution in [0.5, 0.6) is 0 Å². The first-order chi connectivity index (χ1) is 18.8. The third-order valence-electron chi connectivity index (χ3n) is 5.80. The number of thioether (sulfide) groups is 2. The molecule has 2 aliphatic rings. The number of nitrogen functional groups attached to an aromatic ring is 1. The molecule has 4 N–H and O–H groups in total. The lowest BCUT2D eigenvalue weighted by atomic mass is 10.0. The van der Waals surface area contributed by atoms with Crippen molar-refractivity contribution in [1.82, 2.24) is 34.9 Å². The number of carbonyl (C=O) groups is 3. The maximum absolute atomic E-state index is 13.1. The average molecular weight is 588 g/mol. The number of amides is 2. The van der Waals surface area contributed by atoms with Crippen LogP contribution in [0.1, 0.15) is 5.69 Å². The highest BCUT2D eigenvalue weighted by molar-refractivity contribution is 8.01. The van der Waals surface area contributed by atoms with Crippen molar-refractivity contribution in [2.45, 2.75) is 16.6 Å². The Kier molecular flexibility index (Phi) is 7.53. The number of nitrogens with zero attached hydrogens (tertiary/aromatic N) is 7. The first-order valence-corrected chi connectivity index (χ1v) is 14.2. The molecule has 3 aromatic rings. The van der Waals surface area contributed by atoms with Gasteiger partial charge in [-0.2, -0.15) is 0 Å². The third-order valence-corrected chi connectivity index (χ3v) is 8.92. The van der Waals surface area contributed by atoms with Crippen LogP contribution in [0.2, 0.25) is 0 Å². The minimum atomic E-state index is -1.22. The van der Waals surface area contributed by atoms with Gasteiger partial charge < -0.3 is 25.6 Å². The SMILES string of the molecule is CO/N=C(/C(=O)N[C@@H]1C(=O)N2C(C(=O)O)=C(CSc3nnc(-c4ccccn4)n3C)CSC12)c1csc(N)n1. The number of carboxylic acids is 1. The summed E-state index contributed by atoms with van der Waals surface area (Å²) < 4.78 is 1.78. The van der Waals surface area contributed by atoms with Crippen LogP contribution in [-0.2, 0) is 26.3 Å². The highest BCUT2D eigenvalue weighted by Crippen LogP contribution is 2.41. The van der Waals surface area contributed by atoms with E-state index in [0.717, 1.165) is 11.3 Å². The van der Waals surface area contributed by atoms with Crippen molar-refractivity contribution in [1.29, 1.82) is 0 Å². The number of aromatic nitrogens is 5. The zero-order valence-corrected chi connectivity index (χ0v) is 22.9. The molecule has 5 heterocycles. The van der Waals surface area contributed by atoms with E-state index in [0.29, 0.717) is 28.0 Å². The van der Waals surface area contributed by atoms with Crippen molar-refractivity contribution in [3.05, 3.63) is 46.7 Å². The van der Waals surface area contributed by atoms with Gasteiger partial charge in [0.1, 0.15) is 35.6 Å². The summed E-state index contributed by atoms with van der Waals surface area (Å²) in [4.78, 5) is 52.5. The molecule has 0 radical (unpaired) electrons. The number of hydrogen-bond donors (Lipinski definition) is 3. The maximum Gasteiger partial charge on any atom is 0.352 e. The third kappa shape index (κ3) is 5.07. The van der Waals surface area contributed by atoms with Crippen LogP contribution in [0.4, 0.5) is 5.13 Å². The maximum atomic E-state index is 13.1. The van der Waals surface area contributed by atoms with Crippen LogP contribution >= 0.6 is 34.9 Å². The van der Waals surface area contributed by atoms with Crippen LogP contribution < -0.4 is 11.1 Å². The van der Waals surface area contributed by atoms with Crippen molar-refractivity contribution in [2.75, 3.05) is 24.3 Å². The largest absolute Gasteiger partial charge is 0.477 e. The molecule has 0 saturated carbocycles. The van der Waals surface area contributed by atoms with E-state index in [1.54, 1.807) is 29.3 Å². The summed E-state index contributed by atoms with van der Waals surface area (Å²) in [5.41, 5.74) is 6.86. The summed E-state index contributed by atoms with van der Waals surface area (Å²) in [7, 11) is 3.08. The van der Waals surface area contributed by atoms with Gasteiger partial charge in [-0.05, 0) is 17.7 Å². The second kappa shape index (κ2) is 11.0. The Morgan fingerprint density at radius 1 is 1.36 bits per heavy atom. The van der Waals surface area contributed by atoms with E-state index in [9.17, 15) is 19.5 Å². The Morgan fingerprint density at radius 2 is 2.18 bits per heavy atom. The molecule has 39 heavy (non-hydrogen) atoms. The van der Waals surface area contributed by atoms with Gasteiger partial charge in [-0.25, -0.2) is 9.78 Å². The van der Waals surface area contributed by atoms with Crippen molar-refractivity contribution in [3.8, 4) is 11.5 Å². The van der Waals surface area contributed by atoms with Crippen molar-refractivity contribution in [3.63, 3.8) is 0 Å². The van der Waals surface area contributed by atoms with E-state index < -0.39 is 29.2 Å². The van der Waals surface area contributed by atoms with E-state index >= 15 is 0 Å². The first-order valence-electron chi connectivity index (χ1n) is 11.3. The van der Waals surface area contributed by atoms with Gasteiger partial charge in [0.2, 0.25) is 0 Å². The van der Waals surface area contributed by atoms with E-state index in [1.165, 1.54) is 35.5 Å². The fourth-order valence-electron chi connectivity index (χ4n) is 4.01. The second-order valence-corrected chi connectivity index (χ2v) is 11.1. The monoisotopic (exact) mass is 587 g/mol. The Labute approximate surface area is 233 Å². The lowest BCUT2D eigenvalue weighted by Gasteiger charge is -2.49. The second-order valence-electron chi connectivity index (χ2n) is 8.18. The molecule has 0 aliphatic carbocycles. The van der Waals surface area contributed by atoms with Gasteiger partial charge in [0, 0.05) is 30.1 Å². The Bertz CT molecular complexity index is 1500. The number of β-lactam (4-membered cyclic amide) rings is 1. The molecule has 1 fully saturated rings. The summed E-state index contributed by atoms with van der Waals surface area (Å²) in [6.07, 6.45) is 1.66. The van der Waals surface area contributed by atoms with Crippen molar-refractivity contribution >= 4 is 63.5 Å². The Balaban J connectivity index is 1.30. The number of carboxylic acid groups (broad SMARTS) is 1. The quantitative estimate of drug-likeness (QED) is 0.138. The number of nitrogens with two attached hydrogens (primary N) is 1. The van der Waals surface area contributed by atoms with Gasteiger partial charge in [-0.1, -0.05) is 23.0 Å². The molecule has 3 aromatic heterocycles. The number of nitrogens with one attached hydrogen (secondary N) is 1. The van der Waals surface area contributed by atoms with Gasteiger partial charge in [0.05, 0.1) is 0 Å². The summed E-state index contributed by atoms with van der Waals surface area (Å²) in [5.74, 6) is -1.23. The topological polar surface area (TPSA) is 191 Å². The highest BCUT2D eigenvalue weighted by atomic mass is 32.2. The fraction of sp³-hybridized carbons (Fsp3) is 0.273. The predicted octanol–water partition coefficient (Wildman–Crippen LogP) is 0.797. The molecule has 0 spiro atoms. The normalized spacial score (nSPS) is 19.0. The summed E-state index contributed by atoms with van der Waals surface area (Å²) in [6, 6.07) is 4.54. The average Bonchev–Trinajstić information content (AvgIpc) is 3.53. The molecular weight excluding hydrogens is 567 g/mol. The molecule has 0 bridgehead atoms. The Hall–Kier alpha value is -3.96. The highest BCUT2D eigenvalue weighted by Gasteiger charge is 2.54. The van der Waals surface area contributed by atoms with Gasteiger partial charge in [0.25, 0.3) is 11.8 Å². The number of pyridine rings is 1. The fourth-order valence-corrected chi connectivity index (χ4v) is 6.95. The minimum absolute atomic E-state index is 0.0908. The number of thiazole rings is 1. The number of aliphatic carboxylic acids is 1. The lowest BCUT2D eigenvalue weighted by molar-refractivity contribution is -0.150. The summed E-state index contributed by atoms with van der Waals surface area (Å²) >= 11 is 3.80. The lowest BCUT2D eigenvalue weighted by Crippen LogP contribution is -2.71. The van der Waals surface area contributed by atoms with Crippen LogP contribution in [0.3, 0.4) is 0 Å². The number of carbonyl (C=O) groups excluding carboxylic acids is 2. The van der Waals surface area contributed by atoms with Gasteiger partial charge in [-0.15, -0.1) is 33.3 Å². The van der Waals surface area contributed by atoms with E-state index in [1.807, 2.05) is 12.1 Å². The molecule has 2 aliphatic heterocycles. The molecule has 1 saturated heterocycles. The minimum Gasteiger partial charge on any atom is -0.477 e. The van der Waals surface area contributed by atoms with Gasteiger partial charge >= 0.3 is 5.97 Å². The summed E-state index contributed by atoms with van der Waals surface area (Å²) in [5, 5.41) is 26.5. The van der Waals surface area contributed by atoms with Crippen molar-refractivity contribution < 1.29 is 24.3 Å². The molecule has 1 unspecified atom stereocenters. The van der Waals surface area contributed by atoms with Crippen LogP contribution in [-0.4, -0.2) is 88.3 Å². The van der Waals surface area contributed by atoms with E-state index in [4.69, 9.17) is 10.6 Å². The van der Waals surface area contributed by atoms with Crippen LogP contribution in [0, 0.1) is 0 Å². The molecule has 0 aromatic carbocycles. The predicted molar refractivity (Wildman–Crippen MR) is 145 cm³/mol. The van der Waals surface area contributed by atoms with Crippen molar-refractivity contribution in [2.24, 2.45) is 12.2 Å². The first kappa shape index (κ1) is 26.6. The molecular formula is C22H21N9O5S3. The zero-order valence-electron chi connectivity index (χ0n) is 20.5. The smallest absolute Gasteiger partial charge is 0.352 e.